The van der Waals surface area contributed by atoms with E-state index in [0.717, 1.165) is 27.6 Å². The van der Waals surface area contributed by atoms with Crippen LogP contribution < -0.4 is 4.90 Å². The van der Waals surface area contributed by atoms with Crippen LogP contribution >= 0.6 is 0 Å². The van der Waals surface area contributed by atoms with Crippen molar-refractivity contribution in [1.82, 2.24) is 0 Å². The van der Waals surface area contributed by atoms with Crippen LogP contribution in [0.2, 0.25) is 0 Å². The van der Waals surface area contributed by atoms with Crippen molar-refractivity contribution in [3.63, 3.8) is 0 Å². The molecule has 4 aromatic rings. The zero-order valence-electron chi connectivity index (χ0n) is 17.7. The second kappa shape index (κ2) is 6.41. The molecule has 0 aliphatic rings. The highest BCUT2D eigenvalue weighted by Gasteiger charge is 2.27. The normalized spacial score (nSPS) is 12.6. The van der Waals surface area contributed by atoms with Gasteiger partial charge in [-0.2, -0.15) is 0 Å². The number of rotatable bonds is 2. The monoisotopic (exact) mass is 371 g/mol. The number of hydrogen-bond acceptors (Lipinski definition) is 2. The summed E-state index contributed by atoms with van der Waals surface area (Å²) in [7, 11) is 0. The van der Waals surface area contributed by atoms with Gasteiger partial charge in [0.1, 0.15) is 5.58 Å². The number of hydrogen-bond donors (Lipinski definition) is 0. The molecule has 0 fully saturated rings. The zero-order valence-corrected chi connectivity index (χ0v) is 17.7. The lowest BCUT2D eigenvalue weighted by Crippen LogP contribution is -2.37. The zero-order chi connectivity index (χ0) is 20.1. The molecule has 0 unspecified atom stereocenters. The van der Waals surface area contributed by atoms with Gasteiger partial charge < -0.3 is 9.32 Å². The summed E-state index contributed by atoms with van der Waals surface area (Å²) in [6.45, 7) is 13.5. The number of fused-ring (bicyclic) bond motifs is 3. The van der Waals surface area contributed by atoms with Gasteiger partial charge in [0.05, 0.1) is 5.69 Å². The summed E-state index contributed by atoms with van der Waals surface area (Å²) in [4.78, 5) is 2.38. The van der Waals surface area contributed by atoms with Gasteiger partial charge in [0.2, 0.25) is 0 Å². The van der Waals surface area contributed by atoms with Gasteiger partial charge >= 0.3 is 0 Å². The van der Waals surface area contributed by atoms with E-state index < -0.39 is 0 Å². The molecule has 0 aliphatic carbocycles. The smallest absolute Gasteiger partial charge is 0.159 e. The van der Waals surface area contributed by atoms with Crippen LogP contribution in [0.3, 0.4) is 0 Å². The fourth-order valence-electron chi connectivity index (χ4n) is 3.91. The van der Waals surface area contributed by atoms with Crippen molar-refractivity contribution in [3.05, 3.63) is 72.3 Å². The second-order valence-corrected chi connectivity index (χ2v) is 9.56. The Balaban J connectivity index is 1.92. The van der Waals surface area contributed by atoms with Crippen LogP contribution in [0.4, 0.5) is 11.4 Å². The van der Waals surface area contributed by atoms with Crippen molar-refractivity contribution < 1.29 is 4.42 Å². The van der Waals surface area contributed by atoms with E-state index >= 15 is 0 Å². The third-order valence-electron chi connectivity index (χ3n) is 5.29. The molecule has 0 spiro atoms. The fraction of sp³-hybridized carbons (Fsp3) is 0.308. The van der Waals surface area contributed by atoms with E-state index in [2.05, 4.69) is 101 Å². The van der Waals surface area contributed by atoms with Crippen LogP contribution in [0.25, 0.3) is 21.9 Å². The Labute approximate surface area is 167 Å². The van der Waals surface area contributed by atoms with E-state index in [1.54, 1.807) is 0 Å². The highest BCUT2D eigenvalue weighted by molar-refractivity contribution is 6.09. The van der Waals surface area contributed by atoms with Crippen molar-refractivity contribution in [3.8, 4) is 0 Å². The lowest BCUT2D eigenvalue weighted by atomic mass is 9.87. The first-order chi connectivity index (χ1) is 13.2. The molecular weight excluding hydrogens is 342 g/mol. The molecule has 1 aromatic heterocycles. The predicted molar refractivity (Wildman–Crippen MR) is 121 cm³/mol. The van der Waals surface area contributed by atoms with Gasteiger partial charge in [-0.15, -0.1) is 0 Å². The summed E-state index contributed by atoms with van der Waals surface area (Å²) in [5.41, 5.74) is 5.53. The molecule has 1 heterocycles. The van der Waals surface area contributed by atoms with E-state index in [1.807, 2.05) is 12.1 Å². The van der Waals surface area contributed by atoms with Crippen LogP contribution in [-0.2, 0) is 5.41 Å². The average Bonchev–Trinajstić information content (AvgIpc) is 3.00. The first kappa shape index (κ1) is 18.6. The van der Waals surface area contributed by atoms with Gasteiger partial charge in [0.15, 0.2) is 5.58 Å². The molecule has 0 radical (unpaired) electrons. The second-order valence-electron chi connectivity index (χ2n) is 9.56. The molecule has 0 atom stereocenters. The highest BCUT2D eigenvalue weighted by atomic mass is 16.3. The Morgan fingerprint density at radius 2 is 1.32 bits per heavy atom. The molecule has 3 aromatic carbocycles. The summed E-state index contributed by atoms with van der Waals surface area (Å²) in [6.07, 6.45) is 0. The Bertz CT molecular complexity index is 1120. The topological polar surface area (TPSA) is 16.4 Å². The van der Waals surface area contributed by atoms with E-state index in [-0.39, 0.29) is 11.0 Å². The largest absolute Gasteiger partial charge is 0.454 e. The Morgan fingerprint density at radius 3 is 1.96 bits per heavy atom. The lowest BCUT2D eigenvalue weighted by molar-refractivity contribution is 0.556. The minimum atomic E-state index is -0.101. The quantitative estimate of drug-likeness (QED) is 0.357. The average molecular weight is 372 g/mol. The third kappa shape index (κ3) is 3.17. The molecule has 0 N–H and O–H groups in total. The molecule has 0 saturated carbocycles. The van der Waals surface area contributed by atoms with E-state index in [1.165, 1.54) is 11.3 Å². The summed E-state index contributed by atoms with van der Waals surface area (Å²) in [6, 6.07) is 23.6. The van der Waals surface area contributed by atoms with Crippen LogP contribution in [0.5, 0.6) is 0 Å². The SMILES string of the molecule is CC(C)(C)c1ccc(N(c2cccc3c2oc2ccccc23)C(C)(C)C)cc1. The first-order valence-corrected chi connectivity index (χ1v) is 9.97. The molecule has 0 amide bonds. The molecule has 4 rings (SSSR count). The molecule has 28 heavy (non-hydrogen) atoms. The van der Waals surface area contributed by atoms with Crippen molar-refractivity contribution in [2.75, 3.05) is 4.90 Å². The maximum atomic E-state index is 6.32. The molecule has 0 aliphatic heterocycles. The number of nitrogens with zero attached hydrogens (tertiary/aromatic N) is 1. The van der Waals surface area contributed by atoms with Crippen LogP contribution in [0, 0.1) is 0 Å². The molecule has 144 valence electrons. The summed E-state index contributed by atoms with van der Waals surface area (Å²) in [5, 5.41) is 2.32. The molecule has 2 heteroatoms. The Morgan fingerprint density at radius 1 is 0.679 bits per heavy atom. The van der Waals surface area contributed by atoms with Crippen LogP contribution in [0.15, 0.2) is 71.1 Å². The molecule has 0 saturated heterocycles. The van der Waals surface area contributed by atoms with Crippen LogP contribution in [-0.4, -0.2) is 5.54 Å². The minimum absolute atomic E-state index is 0.101. The third-order valence-corrected chi connectivity index (χ3v) is 5.29. The van der Waals surface area contributed by atoms with Gasteiger partial charge in [0.25, 0.3) is 0 Å². The van der Waals surface area contributed by atoms with Gasteiger partial charge in [-0.25, -0.2) is 0 Å². The van der Waals surface area contributed by atoms with Crippen molar-refractivity contribution >= 4 is 33.3 Å². The molecule has 2 nitrogen and oxygen atoms in total. The number of para-hydroxylation sites is 2. The fourth-order valence-corrected chi connectivity index (χ4v) is 3.91. The summed E-state index contributed by atoms with van der Waals surface area (Å²) in [5.74, 6) is 0. The first-order valence-electron chi connectivity index (χ1n) is 9.97. The summed E-state index contributed by atoms with van der Waals surface area (Å²) < 4.78 is 6.32. The Kier molecular flexibility index (Phi) is 4.26. The van der Waals surface area contributed by atoms with Crippen molar-refractivity contribution in [2.45, 2.75) is 52.5 Å². The maximum absolute atomic E-state index is 6.32. The van der Waals surface area contributed by atoms with E-state index in [4.69, 9.17) is 4.42 Å². The van der Waals surface area contributed by atoms with Crippen molar-refractivity contribution in [1.29, 1.82) is 0 Å². The van der Waals surface area contributed by atoms with Gasteiger partial charge in [-0.05, 0) is 56.0 Å². The van der Waals surface area contributed by atoms with Crippen LogP contribution in [0.1, 0.15) is 47.1 Å². The molecule has 0 bridgehead atoms. The maximum Gasteiger partial charge on any atom is 0.159 e. The molecular formula is C26H29NO. The van der Waals surface area contributed by atoms with E-state index in [9.17, 15) is 0 Å². The number of anilines is 2. The minimum Gasteiger partial charge on any atom is -0.454 e. The summed E-state index contributed by atoms with van der Waals surface area (Å²) >= 11 is 0. The van der Waals surface area contributed by atoms with Gasteiger partial charge in [0, 0.05) is 22.0 Å². The number of furan rings is 1. The van der Waals surface area contributed by atoms with Crippen molar-refractivity contribution in [2.24, 2.45) is 0 Å². The standard InChI is InChI=1S/C26H29NO/c1-25(2,3)18-14-16-19(17-15-18)27(26(4,5)6)22-12-9-11-21-20-10-7-8-13-23(20)28-24(21)22/h7-17H,1-6H3. The van der Waals surface area contributed by atoms with Gasteiger partial charge in [-0.1, -0.05) is 63.2 Å². The highest BCUT2D eigenvalue weighted by Crippen LogP contribution is 2.41. The van der Waals surface area contributed by atoms with Gasteiger partial charge in [-0.3, -0.25) is 0 Å². The van der Waals surface area contributed by atoms with E-state index in [0.29, 0.717) is 0 Å². The number of benzene rings is 3. The lowest BCUT2D eigenvalue weighted by Gasteiger charge is -2.38. The Hall–Kier alpha value is -2.74. The predicted octanol–water partition coefficient (Wildman–Crippen LogP) is 7.82.